The summed E-state index contributed by atoms with van der Waals surface area (Å²) in [5.41, 5.74) is 8.82. The Morgan fingerprint density at radius 2 is 1.46 bits per heavy atom. The van der Waals surface area contributed by atoms with E-state index in [0.717, 1.165) is 32.7 Å². The molecule has 5 nitrogen and oxygen atoms in total. The van der Waals surface area contributed by atoms with Crippen LogP contribution in [0.2, 0.25) is 0 Å². The number of likely N-dealkylation sites (N-methyl/N-ethyl adjacent to an activating group) is 1. The number of likely N-dealkylation sites (tertiary alicyclic amines) is 1. The Hall–Kier alpha value is -0.860. The maximum Gasteiger partial charge on any atom is 0.191 e. The predicted octanol–water partition coefficient (Wildman–Crippen LogP) is 2.74. The van der Waals surface area contributed by atoms with Crippen molar-refractivity contribution in [2.75, 3.05) is 46.3 Å². The summed E-state index contributed by atoms with van der Waals surface area (Å²) in [5, 5.41) is 0. The molecule has 2 saturated heterocycles. The van der Waals surface area contributed by atoms with Crippen LogP contribution in [0.3, 0.4) is 0 Å². The molecule has 0 radical (unpaired) electrons. The molecule has 0 spiro atoms. The van der Waals surface area contributed by atoms with Gasteiger partial charge < -0.3 is 15.5 Å². The molecule has 6 heteroatoms. The van der Waals surface area contributed by atoms with Crippen LogP contribution in [0.5, 0.6) is 0 Å². The van der Waals surface area contributed by atoms with Gasteiger partial charge in [0.2, 0.25) is 0 Å². The van der Waals surface area contributed by atoms with E-state index < -0.39 is 0 Å². The van der Waals surface area contributed by atoms with Crippen molar-refractivity contribution in [2.45, 2.75) is 38.8 Å². The molecule has 2 heterocycles. The van der Waals surface area contributed by atoms with Gasteiger partial charge in [0.05, 0.1) is 6.54 Å². The van der Waals surface area contributed by atoms with Crippen molar-refractivity contribution in [3.05, 3.63) is 35.4 Å². The van der Waals surface area contributed by atoms with Crippen molar-refractivity contribution >= 4 is 29.9 Å². The summed E-state index contributed by atoms with van der Waals surface area (Å²) in [6, 6.07) is 8.88. The fourth-order valence-corrected chi connectivity index (χ4v) is 3.59. The fourth-order valence-electron chi connectivity index (χ4n) is 3.59. The van der Waals surface area contributed by atoms with Gasteiger partial charge in [0, 0.05) is 45.8 Å². The van der Waals surface area contributed by atoms with Crippen LogP contribution < -0.4 is 5.73 Å². The summed E-state index contributed by atoms with van der Waals surface area (Å²) < 4.78 is 0. The number of benzene rings is 1. The third-order valence-electron chi connectivity index (χ3n) is 5.38. The summed E-state index contributed by atoms with van der Waals surface area (Å²) in [6.07, 6.45) is 5.10. The lowest BCUT2D eigenvalue weighted by molar-refractivity contribution is 0.148. The molecule has 2 N–H and O–H groups in total. The van der Waals surface area contributed by atoms with E-state index in [1.165, 1.54) is 49.9 Å². The van der Waals surface area contributed by atoms with Gasteiger partial charge in [-0.15, -0.1) is 24.0 Å². The second-order valence-electron chi connectivity index (χ2n) is 7.47. The largest absolute Gasteiger partial charge is 0.370 e. The SMILES string of the molecule is CN1CCN(Cc2ccc(CN=C(N)N3CCCCCC3)cc2)CC1.I. The van der Waals surface area contributed by atoms with Crippen molar-refractivity contribution in [2.24, 2.45) is 10.7 Å². The Bertz CT molecular complexity index is 544. The van der Waals surface area contributed by atoms with E-state index in [0.29, 0.717) is 12.5 Å². The molecule has 0 amide bonds. The number of rotatable bonds is 4. The number of nitrogens with two attached hydrogens (primary N) is 1. The summed E-state index contributed by atoms with van der Waals surface area (Å²) in [6.45, 7) is 8.50. The second kappa shape index (κ2) is 11.1. The molecule has 2 fully saturated rings. The fraction of sp³-hybridized carbons (Fsp3) is 0.650. The highest BCUT2D eigenvalue weighted by atomic mass is 127. The molecule has 146 valence electrons. The van der Waals surface area contributed by atoms with Crippen LogP contribution in [-0.2, 0) is 13.1 Å². The minimum absolute atomic E-state index is 0. The molecule has 1 aromatic rings. The van der Waals surface area contributed by atoms with Crippen LogP contribution in [0.25, 0.3) is 0 Å². The van der Waals surface area contributed by atoms with Gasteiger partial charge >= 0.3 is 0 Å². The summed E-state index contributed by atoms with van der Waals surface area (Å²) in [7, 11) is 2.20. The minimum Gasteiger partial charge on any atom is -0.370 e. The quantitative estimate of drug-likeness (QED) is 0.417. The summed E-state index contributed by atoms with van der Waals surface area (Å²) >= 11 is 0. The summed E-state index contributed by atoms with van der Waals surface area (Å²) in [5.74, 6) is 0.711. The molecule has 0 atom stereocenters. The van der Waals surface area contributed by atoms with Gasteiger partial charge in [-0.1, -0.05) is 37.1 Å². The average Bonchev–Trinajstić information content (AvgIpc) is 2.92. The van der Waals surface area contributed by atoms with E-state index in [9.17, 15) is 0 Å². The van der Waals surface area contributed by atoms with Crippen molar-refractivity contribution < 1.29 is 0 Å². The number of hydrogen-bond donors (Lipinski definition) is 1. The van der Waals surface area contributed by atoms with E-state index in [-0.39, 0.29) is 24.0 Å². The maximum atomic E-state index is 6.20. The van der Waals surface area contributed by atoms with Crippen LogP contribution in [0.4, 0.5) is 0 Å². The van der Waals surface area contributed by atoms with E-state index >= 15 is 0 Å². The normalized spacial score (nSPS) is 20.5. The first kappa shape index (κ1) is 21.4. The molecular formula is C20H34IN5. The van der Waals surface area contributed by atoms with Gasteiger partial charge in [0.25, 0.3) is 0 Å². The van der Waals surface area contributed by atoms with Crippen molar-refractivity contribution in [3.63, 3.8) is 0 Å². The van der Waals surface area contributed by atoms with E-state index in [1.807, 2.05) is 0 Å². The lowest BCUT2D eigenvalue weighted by atomic mass is 10.1. The molecule has 0 bridgehead atoms. The molecule has 0 unspecified atom stereocenters. The average molecular weight is 471 g/mol. The molecule has 1 aromatic carbocycles. The Morgan fingerprint density at radius 1 is 0.885 bits per heavy atom. The van der Waals surface area contributed by atoms with Gasteiger partial charge in [-0.25, -0.2) is 4.99 Å². The van der Waals surface area contributed by atoms with Gasteiger partial charge in [0.15, 0.2) is 5.96 Å². The molecule has 2 aliphatic rings. The van der Waals surface area contributed by atoms with Crippen molar-refractivity contribution in [3.8, 4) is 0 Å². The Morgan fingerprint density at radius 3 is 2.08 bits per heavy atom. The van der Waals surface area contributed by atoms with Gasteiger partial charge in [-0.3, -0.25) is 4.90 Å². The molecule has 0 aromatic heterocycles. The van der Waals surface area contributed by atoms with Crippen molar-refractivity contribution in [1.82, 2.24) is 14.7 Å². The van der Waals surface area contributed by atoms with Crippen LogP contribution >= 0.6 is 24.0 Å². The Kier molecular flexibility index (Phi) is 9.15. The second-order valence-corrected chi connectivity index (χ2v) is 7.47. The molecule has 0 aliphatic carbocycles. The first-order valence-corrected chi connectivity index (χ1v) is 9.74. The first-order valence-electron chi connectivity index (χ1n) is 9.74. The van der Waals surface area contributed by atoms with Crippen LogP contribution in [0, 0.1) is 0 Å². The lowest BCUT2D eigenvalue weighted by Crippen LogP contribution is -2.43. The van der Waals surface area contributed by atoms with E-state index in [1.54, 1.807) is 0 Å². The topological polar surface area (TPSA) is 48.1 Å². The number of hydrogen-bond acceptors (Lipinski definition) is 3. The van der Waals surface area contributed by atoms with Gasteiger partial charge in [-0.2, -0.15) is 0 Å². The zero-order valence-electron chi connectivity index (χ0n) is 16.1. The Balaban J connectivity index is 0.00000243. The Labute approximate surface area is 175 Å². The zero-order chi connectivity index (χ0) is 17.5. The highest BCUT2D eigenvalue weighted by molar-refractivity contribution is 14.0. The number of nitrogens with zero attached hydrogens (tertiary/aromatic N) is 4. The van der Waals surface area contributed by atoms with E-state index in [2.05, 4.69) is 51.0 Å². The standard InChI is InChI=1S/C20H33N5.HI/c1-23-12-14-24(15-13-23)17-19-8-6-18(7-9-19)16-22-20(21)25-10-4-2-3-5-11-25;/h6-9H,2-5,10-17H2,1H3,(H2,21,22);1H. The highest BCUT2D eigenvalue weighted by Crippen LogP contribution is 2.12. The minimum atomic E-state index is 0. The van der Waals surface area contributed by atoms with Crippen molar-refractivity contribution in [1.29, 1.82) is 0 Å². The van der Waals surface area contributed by atoms with E-state index in [4.69, 9.17) is 5.73 Å². The first-order chi connectivity index (χ1) is 12.2. The predicted molar refractivity (Wildman–Crippen MR) is 120 cm³/mol. The van der Waals surface area contributed by atoms with Crippen LogP contribution in [0.1, 0.15) is 36.8 Å². The monoisotopic (exact) mass is 471 g/mol. The molecule has 2 aliphatic heterocycles. The lowest BCUT2D eigenvalue weighted by Gasteiger charge is -2.32. The maximum absolute atomic E-state index is 6.20. The van der Waals surface area contributed by atoms with Crippen LogP contribution in [-0.4, -0.2) is 67.0 Å². The number of aliphatic imine (C=N–C) groups is 1. The third kappa shape index (κ3) is 6.70. The molecule has 3 rings (SSSR count). The summed E-state index contributed by atoms with van der Waals surface area (Å²) in [4.78, 5) is 11.8. The molecule has 26 heavy (non-hydrogen) atoms. The molecule has 0 saturated carbocycles. The number of halogens is 1. The smallest absolute Gasteiger partial charge is 0.191 e. The third-order valence-corrected chi connectivity index (χ3v) is 5.38. The number of piperazine rings is 1. The van der Waals surface area contributed by atoms with Crippen LogP contribution in [0.15, 0.2) is 29.3 Å². The van der Waals surface area contributed by atoms with Gasteiger partial charge in [-0.05, 0) is 31.0 Å². The molecular weight excluding hydrogens is 437 g/mol. The zero-order valence-corrected chi connectivity index (χ0v) is 18.4. The number of guanidine groups is 1. The highest BCUT2D eigenvalue weighted by Gasteiger charge is 2.14. The van der Waals surface area contributed by atoms with Gasteiger partial charge in [0.1, 0.15) is 0 Å².